The number of hydrogen-bond acceptors (Lipinski definition) is 2. The van der Waals surface area contributed by atoms with E-state index in [1.807, 2.05) is 23.5 Å². The Kier molecular flexibility index (Phi) is 4.90. The molecule has 1 heterocycles. The van der Waals surface area contributed by atoms with Crippen LogP contribution >= 0.6 is 35.4 Å². The van der Waals surface area contributed by atoms with Gasteiger partial charge in [0.05, 0.1) is 4.47 Å². The van der Waals surface area contributed by atoms with Crippen molar-refractivity contribution in [1.29, 1.82) is 0 Å². The normalized spacial score (nSPS) is 11.4. The van der Waals surface area contributed by atoms with Crippen LogP contribution in [0.1, 0.15) is 0 Å². The van der Waals surface area contributed by atoms with E-state index in [1.165, 1.54) is 30.8 Å². The number of benzene rings is 4. The molecule has 0 saturated carbocycles. The van der Waals surface area contributed by atoms with Gasteiger partial charge in [-0.3, -0.25) is 0 Å². The summed E-state index contributed by atoms with van der Waals surface area (Å²) in [6, 6.07) is 33.8. The molecule has 0 amide bonds. The zero-order chi connectivity index (χ0) is 18.9. The molecular formula is C24H16BrOPS. The minimum Gasteiger partial charge on any atom is -0.463 e. The predicted octanol–water partition coefficient (Wildman–Crippen LogP) is 7.24. The summed E-state index contributed by atoms with van der Waals surface area (Å²) in [6.07, 6.45) is 0. The predicted molar refractivity (Wildman–Crippen MR) is 127 cm³/mol. The molecule has 4 aromatic carbocycles. The Balaban J connectivity index is 1.71. The fourth-order valence-electron chi connectivity index (χ4n) is 3.32. The van der Waals surface area contributed by atoms with Crippen LogP contribution in [0, 0.1) is 0 Å². The van der Waals surface area contributed by atoms with Crippen molar-refractivity contribution in [2.75, 3.05) is 0 Å². The molecule has 28 heavy (non-hydrogen) atoms. The first-order valence-electron chi connectivity index (χ1n) is 8.99. The molecule has 0 atom stereocenters. The molecule has 0 aliphatic carbocycles. The largest absolute Gasteiger partial charge is 0.463 e. The van der Waals surface area contributed by atoms with Gasteiger partial charge in [0.2, 0.25) is 0 Å². The molecule has 1 nitrogen and oxygen atoms in total. The molecule has 5 rings (SSSR count). The van der Waals surface area contributed by atoms with Crippen molar-refractivity contribution >= 4 is 66.2 Å². The Hall–Kier alpha value is -2.19. The van der Waals surface area contributed by atoms with Gasteiger partial charge in [0.15, 0.2) is 8.15 Å². The van der Waals surface area contributed by atoms with Gasteiger partial charge in [0.25, 0.3) is 0 Å². The van der Waals surface area contributed by atoms with E-state index in [1.54, 1.807) is 0 Å². The second-order valence-electron chi connectivity index (χ2n) is 6.40. The van der Waals surface area contributed by atoms with Crippen LogP contribution in [-0.2, 0) is 0 Å². The molecule has 0 unspecified atom stereocenters. The van der Waals surface area contributed by atoms with E-state index >= 15 is 0 Å². The van der Waals surface area contributed by atoms with Gasteiger partial charge in [-0.25, -0.2) is 0 Å². The first kappa shape index (κ1) is 17.9. The lowest BCUT2D eigenvalue weighted by atomic mass is 10.1. The highest BCUT2D eigenvalue weighted by Gasteiger charge is 2.21. The molecule has 0 bridgehead atoms. The van der Waals surface area contributed by atoms with E-state index in [0.717, 1.165) is 10.2 Å². The van der Waals surface area contributed by atoms with E-state index < -0.39 is 8.15 Å². The second-order valence-corrected chi connectivity index (χ2v) is 10.1. The molecule has 4 heteroatoms. The maximum absolute atomic E-state index is 6.82. The molecular weight excluding hydrogens is 447 g/mol. The summed E-state index contributed by atoms with van der Waals surface area (Å²) in [5, 5.41) is 4.84. The lowest BCUT2D eigenvalue weighted by Gasteiger charge is -2.21. The molecule has 5 aromatic rings. The van der Waals surface area contributed by atoms with Gasteiger partial charge in [-0.2, -0.15) is 0 Å². The lowest BCUT2D eigenvalue weighted by molar-refractivity contribution is 0.634. The van der Waals surface area contributed by atoms with Crippen molar-refractivity contribution in [1.82, 2.24) is 0 Å². The topological polar surface area (TPSA) is 9.23 Å². The summed E-state index contributed by atoms with van der Waals surface area (Å²) in [4.78, 5) is 0. The standard InChI is InChI=1S/C24H16BrOPS/c25-20-15-16-22-23(19-13-7-8-14-21(19)28-22)24(20)26-27(17-9-3-1-4-10-17)18-11-5-2-6-12-18/h1-16H. The number of fused-ring (bicyclic) bond motifs is 3. The highest BCUT2D eigenvalue weighted by Crippen LogP contribution is 2.48. The first-order valence-corrected chi connectivity index (χ1v) is 11.9. The zero-order valence-electron chi connectivity index (χ0n) is 14.9. The smallest absolute Gasteiger partial charge is 0.150 e. The number of thiophene rings is 1. The van der Waals surface area contributed by atoms with E-state index in [-0.39, 0.29) is 0 Å². The summed E-state index contributed by atoms with van der Waals surface area (Å²) in [5.74, 6) is 0.925. The average Bonchev–Trinajstić information content (AvgIpc) is 3.13. The van der Waals surface area contributed by atoms with Crippen molar-refractivity contribution in [2.45, 2.75) is 0 Å². The Bertz CT molecular complexity index is 1210. The van der Waals surface area contributed by atoms with Crippen molar-refractivity contribution in [3.63, 3.8) is 0 Å². The Labute approximate surface area is 177 Å². The first-order chi connectivity index (χ1) is 13.8. The molecule has 136 valence electrons. The molecule has 0 aliphatic heterocycles. The van der Waals surface area contributed by atoms with E-state index in [4.69, 9.17) is 4.52 Å². The Morgan fingerprint density at radius 1 is 0.643 bits per heavy atom. The van der Waals surface area contributed by atoms with Crippen molar-refractivity contribution < 1.29 is 4.52 Å². The Morgan fingerprint density at radius 2 is 1.25 bits per heavy atom. The van der Waals surface area contributed by atoms with Crippen LogP contribution in [0.5, 0.6) is 5.75 Å². The van der Waals surface area contributed by atoms with E-state index in [0.29, 0.717) is 0 Å². The molecule has 0 spiro atoms. The van der Waals surface area contributed by atoms with Gasteiger partial charge in [-0.05, 0) is 34.1 Å². The average molecular weight is 463 g/mol. The number of rotatable bonds is 4. The highest BCUT2D eigenvalue weighted by atomic mass is 79.9. The zero-order valence-corrected chi connectivity index (χ0v) is 18.2. The van der Waals surface area contributed by atoms with Crippen LogP contribution in [0.15, 0.2) is 102 Å². The van der Waals surface area contributed by atoms with Gasteiger partial charge >= 0.3 is 0 Å². The van der Waals surface area contributed by atoms with Crippen LogP contribution in [0.2, 0.25) is 0 Å². The quantitative estimate of drug-likeness (QED) is 0.255. The lowest BCUT2D eigenvalue weighted by Crippen LogP contribution is -2.15. The van der Waals surface area contributed by atoms with E-state index in [9.17, 15) is 0 Å². The molecule has 0 aliphatic rings. The van der Waals surface area contributed by atoms with Crippen LogP contribution in [0.4, 0.5) is 0 Å². The van der Waals surface area contributed by atoms with Crippen molar-refractivity contribution in [3.05, 3.63) is 102 Å². The maximum atomic E-state index is 6.82. The number of hydrogen-bond donors (Lipinski definition) is 0. The van der Waals surface area contributed by atoms with Crippen LogP contribution < -0.4 is 15.1 Å². The fourth-order valence-corrected chi connectivity index (χ4v) is 6.73. The number of halogens is 1. The highest BCUT2D eigenvalue weighted by molar-refractivity contribution is 9.10. The molecule has 0 radical (unpaired) electrons. The van der Waals surface area contributed by atoms with Crippen LogP contribution in [-0.4, -0.2) is 0 Å². The molecule has 0 fully saturated rings. The summed E-state index contributed by atoms with van der Waals surface area (Å²) in [7, 11) is -0.978. The second kappa shape index (κ2) is 7.67. The molecule has 0 N–H and O–H groups in total. The van der Waals surface area contributed by atoms with Gasteiger partial charge < -0.3 is 4.52 Å². The van der Waals surface area contributed by atoms with Crippen molar-refractivity contribution in [2.24, 2.45) is 0 Å². The third-order valence-electron chi connectivity index (χ3n) is 4.61. The van der Waals surface area contributed by atoms with Crippen LogP contribution in [0.3, 0.4) is 0 Å². The van der Waals surface area contributed by atoms with Crippen molar-refractivity contribution in [3.8, 4) is 5.75 Å². The third kappa shape index (κ3) is 3.24. The fraction of sp³-hybridized carbons (Fsp3) is 0. The SMILES string of the molecule is Brc1ccc2sc3ccccc3c2c1OP(c1ccccc1)c1ccccc1. The minimum absolute atomic E-state index is 0.925. The van der Waals surface area contributed by atoms with E-state index in [2.05, 4.69) is 101 Å². The third-order valence-corrected chi connectivity index (χ3v) is 8.27. The maximum Gasteiger partial charge on any atom is 0.150 e. The summed E-state index contributed by atoms with van der Waals surface area (Å²) < 4.78 is 10.3. The molecule has 0 saturated heterocycles. The summed E-state index contributed by atoms with van der Waals surface area (Å²) >= 11 is 5.56. The van der Waals surface area contributed by atoms with Gasteiger partial charge in [-0.1, -0.05) is 78.9 Å². The monoisotopic (exact) mass is 462 g/mol. The molecule has 1 aromatic heterocycles. The van der Waals surface area contributed by atoms with Gasteiger partial charge in [0, 0.05) is 30.8 Å². The summed E-state index contributed by atoms with van der Waals surface area (Å²) in [6.45, 7) is 0. The minimum atomic E-state index is -0.978. The Morgan fingerprint density at radius 3 is 1.93 bits per heavy atom. The van der Waals surface area contributed by atoms with Gasteiger partial charge in [-0.15, -0.1) is 11.3 Å². The van der Waals surface area contributed by atoms with Crippen LogP contribution in [0.25, 0.3) is 20.2 Å². The summed E-state index contributed by atoms with van der Waals surface area (Å²) in [5.41, 5.74) is 0. The van der Waals surface area contributed by atoms with Gasteiger partial charge in [0.1, 0.15) is 5.75 Å².